The molecule has 152 valence electrons. The van der Waals surface area contributed by atoms with E-state index >= 15 is 0 Å². The Hall–Kier alpha value is -3.46. The van der Waals surface area contributed by atoms with Crippen LogP contribution in [0.5, 0.6) is 0 Å². The van der Waals surface area contributed by atoms with Crippen LogP contribution in [0, 0.1) is 6.92 Å². The fourth-order valence-corrected chi connectivity index (χ4v) is 3.22. The van der Waals surface area contributed by atoms with Crippen LogP contribution in [-0.2, 0) is 20.9 Å². The molecule has 0 fully saturated rings. The van der Waals surface area contributed by atoms with Gasteiger partial charge in [-0.05, 0) is 42.8 Å². The van der Waals surface area contributed by atoms with Crippen LogP contribution in [-0.4, -0.2) is 28.0 Å². The molecule has 1 amide bonds. The summed E-state index contributed by atoms with van der Waals surface area (Å²) >= 11 is 3.39. The standard InChI is InChI=1S/C21H16BrN3O5/c1-12-8-13(6-7-15(12)22)24-17(26)10-29-18(27)9-25-11-23-19-14-4-2-3-5-16(14)30-20(19)21(25)28/h2-8,11H,9-10H2,1H3,(H,24,26). The fraction of sp³-hybridized carbons (Fsp3) is 0.143. The number of halogens is 1. The third kappa shape index (κ3) is 3.97. The molecule has 0 radical (unpaired) electrons. The topological polar surface area (TPSA) is 103 Å². The zero-order valence-electron chi connectivity index (χ0n) is 15.8. The van der Waals surface area contributed by atoms with Gasteiger partial charge in [-0.25, -0.2) is 4.98 Å². The molecule has 9 heteroatoms. The molecule has 30 heavy (non-hydrogen) atoms. The molecule has 0 aliphatic carbocycles. The second-order valence-corrected chi connectivity index (χ2v) is 7.48. The van der Waals surface area contributed by atoms with Crippen LogP contribution in [0.3, 0.4) is 0 Å². The Morgan fingerprint density at radius 1 is 1.23 bits per heavy atom. The predicted molar refractivity (Wildman–Crippen MR) is 114 cm³/mol. The van der Waals surface area contributed by atoms with E-state index in [1.807, 2.05) is 19.1 Å². The van der Waals surface area contributed by atoms with Crippen molar-refractivity contribution < 1.29 is 18.7 Å². The number of rotatable bonds is 5. The first-order valence-electron chi connectivity index (χ1n) is 9.00. The number of hydrogen-bond acceptors (Lipinski definition) is 6. The number of amides is 1. The van der Waals surface area contributed by atoms with Crippen molar-refractivity contribution in [1.29, 1.82) is 0 Å². The first-order valence-corrected chi connectivity index (χ1v) is 9.80. The van der Waals surface area contributed by atoms with Crippen LogP contribution in [0.4, 0.5) is 5.69 Å². The summed E-state index contributed by atoms with van der Waals surface area (Å²) in [6.07, 6.45) is 1.26. The molecule has 0 aliphatic heterocycles. The minimum atomic E-state index is -0.739. The molecule has 0 unspecified atom stereocenters. The number of carbonyl (C=O) groups is 2. The van der Waals surface area contributed by atoms with Crippen molar-refractivity contribution in [2.24, 2.45) is 0 Å². The van der Waals surface area contributed by atoms with E-state index < -0.39 is 24.0 Å². The van der Waals surface area contributed by atoms with Gasteiger partial charge in [0.05, 0.1) is 6.33 Å². The molecular weight excluding hydrogens is 454 g/mol. The van der Waals surface area contributed by atoms with Gasteiger partial charge in [0.1, 0.15) is 17.6 Å². The van der Waals surface area contributed by atoms with E-state index in [2.05, 4.69) is 26.2 Å². The molecule has 4 rings (SSSR count). The van der Waals surface area contributed by atoms with Crippen LogP contribution >= 0.6 is 15.9 Å². The van der Waals surface area contributed by atoms with Gasteiger partial charge in [-0.2, -0.15) is 0 Å². The van der Waals surface area contributed by atoms with Crippen molar-refractivity contribution >= 4 is 55.6 Å². The monoisotopic (exact) mass is 469 g/mol. The van der Waals surface area contributed by atoms with Gasteiger partial charge in [-0.3, -0.25) is 19.0 Å². The van der Waals surface area contributed by atoms with Gasteiger partial charge in [0.2, 0.25) is 5.58 Å². The van der Waals surface area contributed by atoms with Gasteiger partial charge in [0, 0.05) is 15.5 Å². The summed E-state index contributed by atoms with van der Waals surface area (Å²) in [4.78, 5) is 41.0. The third-order valence-corrected chi connectivity index (χ3v) is 5.35. The lowest BCUT2D eigenvalue weighted by molar-refractivity contribution is -0.147. The van der Waals surface area contributed by atoms with Crippen LogP contribution < -0.4 is 10.9 Å². The maximum absolute atomic E-state index is 12.6. The number of nitrogens with one attached hydrogen (secondary N) is 1. The van der Waals surface area contributed by atoms with Crippen LogP contribution in [0.1, 0.15) is 5.56 Å². The minimum Gasteiger partial charge on any atom is -0.454 e. The maximum Gasteiger partial charge on any atom is 0.326 e. The fourth-order valence-electron chi connectivity index (χ4n) is 2.98. The SMILES string of the molecule is Cc1cc(NC(=O)COC(=O)Cn2cnc3c(oc4ccccc43)c2=O)ccc1Br. The maximum atomic E-state index is 12.6. The van der Waals surface area contributed by atoms with E-state index in [9.17, 15) is 14.4 Å². The zero-order valence-corrected chi connectivity index (χ0v) is 17.4. The number of para-hydroxylation sites is 1. The van der Waals surface area contributed by atoms with E-state index in [0.717, 1.165) is 20.0 Å². The van der Waals surface area contributed by atoms with Crippen molar-refractivity contribution in [2.45, 2.75) is 13.5 Å². The highest BCUT2D eigenvalue weighted by molar-refractivity contribution is 9.10. The lowest BCUT2D eigenvalue weighted by Gasteiger charge is -2.08. The van der Waals surface area contributed by atoms with E-state index in [0.29, 0.717) is 16.8 Å². The van der Waals surface area contributed by atoms with Crippen LogP contribution in [0.25, 0.3) is 22.1 Å². The normalized spacial score (nSPS) is 11.0. The molecular formula is C21H16BrN3O5. The molecule has 2 heterocycles. The molecule has 0 atom stereocenters. The number of fused-ring (bicyclic) bond motifs is 3. The molecule has 0 saturated carbocycles. The van der Waals surface area contributed by atoms with Gasteiger partial charge in [0.15, 0.2) is 6.61 Å². The number of carbonyl (C=O) groups excluding carboxylic acids is 2. The minimum absolute atomic E-state index is 0.0647. The first kappa shape index (κ1) is 19.8. The van der Waals surface area contributed by atoms with E-state index in [4.69, 9.17) is 9.15 Å². The van der Waals surface area contributed by atoms with Crippen molar-refractivity contribution in [3.8, 4) is 0 Å². The Morgan fingerprint density at radius 2 is 2.03 bits per heavy atom. The van der Waals surface area contributed by atoms with Crippen molar-refractivity contribution in [1.82, 2.24) is 9.55 Å². The Morgan fingerprint density at radius 3 is 2.83 bits per heavy atom. The Kier molecular flexibility index (Phi) is 5.37. The van der Waals surface area contributed by atoms with Crippen LogP contribution in [0.15, 0.2) is 62.5 Å². The van der Waals surface area contributed by atoms with Crippen molar-refractivity contribution in [2.75, 3.05) is 11.9 Å². The first-order chi connectivity index (χ1) is 14.4. The van der Waals surface area contributed by atoms with Crippen molar-refractivity contribution in [3.05, 3.63) is 69.2 Å². The predicted octanol–water partition coefficient (Wildman–Crippen LogP) is 3.40. The van der Waals surface area contributed by atoms with Gasteiger partial charge in [-0.15, -0.1) is 0 Å². The smallest absolute Gasteiger partial charge is 0.326 e. The highest BCUT2D eigenvalue weighted by Gasteiger charge is 2.15. The number of aryl methyl sites for hydroxylation is 1. The second-order valence-electron chi connectivity index (χ2n) is 6.63. The number of furan rings is 1. The van der Waals surface area contributed by atoms with Crippen LogP contribution in [0.2, 0.25) is 0 Å². The number of ether oxygens (including phenoxy) is 1. The molecule has 4 aromatic rings. The number of anilines is 1. The molecule has 2 aromatic carbocycles. The molecule has 0 aliphatic rings. The number of benzene rings is 2. The average molecular weight is 470 g/mol. The Balaban J connectivity index is 1.41. The quantitative estimate of drug-likeness (QED) is 0.449. The lowest BCUT2D eigenvalue weighted by atomic mass is 10.2. The summed E-state index contributed by atoms with van der Waals surface area (Å²) in [5.41, 5.74) is 2.09. The Bertz CT molecular complexity index is 1340. The summed E-state index contributed by atoms with van der Waals surface area (Å²) in [5, 5.41) is 3.37. The molecule has 0 bridgehead atoms. The zero-order chi connectivity index (χ0) is 21.3. The number of esters is 1. The number of nitrogens with zero attached hydrogens (tertiary/aromatic N) is 2. The molecule has 0 spiro atoms. The highest BCUT2D eigenvalue weighted by atomic mass is 79.9. The lowest BCUT2D eigenvalue weighted by Crippen LogP contribution is -2.27. The highest BCUT2D eigenvalue weighted by Crippen LogP contribution is 2.24. The summed E-state index contributed by atoms with van der Waals surface area (Å²) < 4.78 is 12.6. The molecule has 2 aromatic heterocycles. The van der Waals surface area contributed by atoms with Crippen molar-refractivity contribution in [3.63, 3.8) is 0 Å². The summed E-state index contributed by atoms with van der Waals surface area (Å²) in [6.45, 7) is 1.04. The van der Waals surface area contributed by atoms with E-state index in [1.54, 1.807) is 30.3 Å². The molecule has 8 nitrogen and oxygen atoms in total. The summed E-state index contributed by atoms with van der Waals surface area (Å²) in [7, 11) is 0. The van der Waals surface area contributed by atoms with E-state index in [-0.39, 0.29) is 12.1 Å². The Labute approximate surface area is 178 Å². The third-order valence-electron chi connectivity index (χ3n) is 4.46. The summed E-state index contributed by atoms with van der Waals surface area (Å²) in [6, 6.07) is 12.5. The van der Waals surface area contributed by atoms with Gasteiger partial charge < -0.3 is 14.5 Å². The molecule has 0 saturated heterocycles. The summed E-state index contributed by atoms with van der Waals surface area (Å²) in [5.74, 6) is -1.22. The number of hydrogen-bond donors (Lipinski definition) is 1. The van der Waals surface area contributed by atoms with E-state index in [1.165, 1.54) is 6.33 Å². The average Bonchev–Trinajstić information content (AvgIpc) is 3.11. The molecule has 1 N–H and O–H groups in total. The second kappa shape index (κ2) is 8.11. The largest absolute Gasteiger partial charge is 0.454 e. The van der Waals surface area contributed by atoms with Gasteiger partial charge >= 0.3 is 5.97 Å². The number of aromatic nitrogens is 2. The van der Waals surface area contributed by atoms with Gasteiger partial charge in [0.25, 0.3) is 11.5 Å². The van der Waals surface area contributed by atoms with Gasteiger partial charge in [-0.1, -0.05) is 28.1 Å².